The first-order valence-electron chi connectivity index (χ1n) is 3.65. The van der Waals surface area contributed by atoms with Gasteiger partial charge in [0.25, 0.3) is 0 Å². The Morgan fingerprint density at radius 1 is 1.50 bits per heavy atom. The summed E-state index contributed by atoms with van der Waals surface area (Å²) in [6, 6.07) is 0. The third-order valence-corrected chi connectivity index (χ3v) is 2.39. The Bertz CT molecular complexity index is 88.1. The highest BCUT2D eigenvalue weighted by Crippen LogP contribution is 2.27. The lowest BCUT2D eigenvalue weighted by molar-refractivity contribution is 0.457. The molecule has 0 amide bonds. The predicted octanol–water partition coefficient (Wildman–Crippen LogP) is 2.90. The summed E-state index contributed by atoms with van der Waals surface area (Å²) in [6.45, 7) is 4.10. The molecule has 3 heteroatoms. The van der Waals surface area contributed by atoms with E-state index in [4.69, 9.17) is 28.9 Å². The van der Waals surface area contributed by atoms with Crippen molar-refractivity contribution in [2.24, 2.45) is 11.7 Å². The molecule has 1 nitrogen and oxygen atoms in total. The van der Waals surface area contributed by atoms with E-state index in [0.29, 0.717) is 0 Å². The van der Waals surface area contributed by atoms with E-state index in [2.05, 4.69) is 6.92 Å². The van der Waals surface area contributed by atoms with Crippen molar-refractivity contribution in [2.75, 3.05) is 0 Å². The van der Waals surface area contributed by atoms with Gasteiger partial charge >= 0.3 is 0 Å². The summed E-state index contributed by atoms with van der Waals surface area (Å²) in [6.07, 6.45) is 3.30. The Morgan fingerprint density at radius 2 is 2.00 bits per heavy atom. The van der Waals surface area contributed by atoms with Gasteiger partial charge in [-0.15, -0.1) is 0 Å². The van der Waals surface area contributed by atoms with Gasteiger partial charge in [0.05, 0.1) is 0 Å². The minimum absolute atomic E-state index is 0.177. The zero-order valence-electron chi connectivity index (χ0n) is 6.53. The number of nitrogens with two attached hydrogens (primary N) is 1. The number of halogens is 2. The molecule has 0 saturated carbocycles. The van der Waals surface area contributed by atoms with Crippen LogP contribution in [-0.2, 0) is 0 Å². The minimum Gasteiger partial charge on any atom is -0.300 e. The van der Waals surface area contributed by atoms with Crippen LogP contribution in [0.4, 0.5) is 0 Å². The fraction of sp³-hybridized carbons (Fsp3) is 1.00. The second kappa shape index (κ2) is 4.42. The van der Waals surface area contributed by atoms with Crippen molar-refractivity contribution in [1.82, 2.24) is 0 Å². The van der Waals surface area contributed by atoms with E-state index in [1.54, 1.807) is 0 Å². The van der Waals surface area contributed by atoms with Gasteiger partial charge in [0.1, 0.15) is 0 Å². The average Bonchev–Trinajstić information content (AvgIpc) is 1.80. The van der Waals surface area contributed by atoms with Crippen molar-refractivity contribution in [2.45, 2.75) is 37.6 Å². The summed E-state index contributed by atoms with van der Waals surface area (Å²) < 4.78 is -1.05. The Hall–Kier alpha value is 0.540. The molecule has 0 aliphatic rings. The molecule has 0 radical (unpaired) electrons. The molecule has 0 spiro atoms. The largest absolute Gasteiger partial charge is 0.300 e. The van der Waals surface area contributed by atoms with Gasteiger partial charge in [-0.3, -0.25) is 5.73 Å². The van der Waals surface area contributed by atoms with Gasteiger partial charge in [-0.25, -0.2) is 0 Å². The van der Waals surface area contributed by atoms with Gasteiger partial charge < -0.3 is 0 Å². The second-order valence-corrected chi connectivity index (χ2v) is 4.16. The van der Waals surface area contributed by atoms with Gasteiger partial charge in [-0.2, -0.15) is 0 Å². The first-order valence-corrected chi connectivity index (χ1v) is 4.40. The zero-order valence-corrected chi connectivity index (χ0v) is 8.04. The van der Waals surface area contributed by atoms with E-state index in [1.807, 2.05) is 6.92 Å². The minimum atomic E-state index is -1.05. The van der Waals surface area contributed by atoms with E-state index in [-0.39, 0.29) is 5.92 Å². The number of hydrogen-bond acceptors (Lipinski definition) is 1. The molecule has 0 bridgehead atoms. The van der Waals surface area contributed by atoms with E-state index < -0.39 is 4.46 Å². The van der Waals surface area contributed by atoms with E-state index >= 15 is 0 Å². The number of unbranched alkanes of at least 4 members (excludes halogenated alkanes) is 1. The number of alkyl halides is 2. The summed E-state index contributed by atoms with van der Waals surface area (Å²) in [5.41, 5.74) is 5.45. The monoisotopic (exact) mass is 183 g/mol. The quantitative estimate of drug-likeness (QED) is 0.527. The first kappa shape index (κ1) is 10.5. The Kier molecular flexibility index (Phi) is 4.66. The Labute approximate surface area is 72.9 Å². The summed E-state index contributed by atoms with van der Waals surface area (Å²) >= 11 is 11.3. The number of hydrogen-bond donors (Lipinski definition) is 1. The van der Waals surface area contributed by atoms with Crippen LogP contribution in [0.15, 0.2) is 0 Å². The third kappa shape index (κ3) is 4.37. The molecule has 0 aromatic carbocycles. The first-order chi connectivity index (χ1) is 4.48. The maximum atomic E-state index is 5.66. The lowest BCUT2D eigenvalue weighted by atomic mass is 10.0. The highest BCUT2D eigenvalue weighted by atomic mass is 35.5. The molecule has 0 fully saturated rings. The van der Waals surface area contributed by atoms with E-state index in [1.165, 1.54) is 0 Å². The Balaban J connectivity index is 3.52. The van der Waals surface area contributed by atoms with Gasteiger partial charge in [-0.05, 0) is 6.42 Å². The molecule has 0 aliphatic carbocycles. The lowest BCUT2D eigenvalue weighted by Gasteiger charge is -2.21. The zero-order chi connectivity index (χ0) is 8.20. The van der Waals surface area contributed by atoms with Crippen LogP contribution >= 0.6 is 23.2 Å². The molecule has 0 rings (SSSR count). The summed E-state index contributed by atoms with van der Waals surface area (Å²) in [4.78, 5) is 0. The standard InChI is InChI=1S/C7H15Cl2N/c1-3-4-5-6(2)7(8,9)10/h6H,3-5,10H2,1-2H3. The molecule has 2 N–H and O–H groups in total. The molecule has 0 aliphatic heterocycles. The van der Waals surface area contributed by atoms with E-state index in [9.17, 15) is 0 Å². The third-order valence-electron chi connectivity index (χ3n) is 1.65. The molecular weight excluding hydrogens is 169 g/mol. The number of rotatable bonds is 4. The van der Waals surface area contributed by atoms with Gasteiger partial charge in [0.2, 0.25) is 0 Å². The average molecular weight is 184 g/mol. The SMILES string of the molecule is CCCCC(C)C(N)(Cl)Cl. The molecule has 1 atom stereocenters. The molecule has 10 heavy (non-hydrogen) atoms. The van der Waals surface area contributed by atoms with Crippen LogP contribution < -0.4 is 5.73 Å². The van der Waals surface area contributed by atoms with Crippen LogP contribution in [0.1, 0.15) is 33.1 Å². The summed E-state index contributed by atoms with van der Waals surface area (Å²) in [5.74, 6) is 0.177. The van der Waals surface area contributed by atoms with Crippen molar-refractivity contribution in [3.05, 3.63) is 0 Å². The van der Waals surface area contributed by atoms with Crippen LogP contribution in [0, 0.1) is 5.92 Å². The van der Waals surface area contributed by atoms with Crippen molar-refractivity contribution in [3.8, 4) is 0 Å². The smallest absolute Gasteiger partial charge is 0.168 e. The van der Waals surface area contributed by atoms with Gasteiger partial charge in [-0.1, -0.05) is 49.9 Å². The van der Waals surface area contributed by atoms with Crippen LogP contribution in [0.5, 0.6) is 0 Å². The predicted molar refractivity (Wildman–Crippen MR) is 47.3 cm³/mol. The molecule has 0 aromatic heterocycles. The highest BCUT2D eigenvalue weighted by molar-refractivity contribution is 6.48. The molecule has 0 saturated heterocycles. The van der Waals surface area contributed by atoms with Crippen molar-refractivity contribution in [3.63, 3.8) is 0 Å². The van der Waals surface area contributed by atoms with Crippen LogP contribution in [0.3, 0.4) is 0 Å². The summed E-state index contributed by atoms with van der Waals surface area (Å²) in [7, 11) is 0. The van der Waals surface area contributed by atoms with Crippen molar-refractivity contribution < 1.29 is 0 Å². The molecule has 1 unspecified atom stereocenters. The normalized spacial score (nSPS) is 15.3. The maximum Gasteiger partial charge on any atom is 0.168 e. The molecule has 62 valence electrons. The van der Waals surface area contributed by atoms with Crippen molar-refractivity contribution in [1.29, 1.82) is 0 Å². The highest BCUT2D eigenvalue weighted by Gasteiger charge is 2.24. The molecule has 0 heterocycles. The van der Waals surface area contributed by atoms with Gasteiger partial charge in [0.15, 0.2) is 4.46 Å². The fourth-order valence-corrected chi connectivity index (χ4v) is 0.921. The van der Waals surface area contributed by atoms with Crippen LogP contribution in [-0.4, -0.2) is 4.46 Å². The van der Waals surface area contributed by atoms with Gasteiger partial charge in [0, 0.05) is 5.92 Å². The summed E-state index contributed by atoms with van der Waals surface area (Å²) in [5, 5.41) is 0. The fourth-order valence-electron chi connectivity index (χ4n) is 0.703. The molecule has 0 aromatic rings. The van der Waals surface area contributed by atoms with Crippen LogP contribution in [0.2, 0.25) is 0 Å². The second-order valence-electron chi connectivity index (χ2n) is 2.72. The van der Waals surface area contributed by atoms with Crippen LogP contribution in [0.25, 0.3) is 0 Å². The van der Waals surface area contributed by atoms with E-state index in [0.717, 1.165) is 19.3 Å². The Morgan fingerprint density at radius 3 is 2.30 bits per heavy atom. The maximum absolute atomic E-state index is 5.66. The molecular formula is C7H15Cl2N. The topological polar surface area (TPSA) is 26.0 Å². The van der Waals surface area contributed by atoms with Crippen molar-refractivity contribution >= 4 is 23.2 Å². The lowest BCUT2D eigenvalue weighted by Crippen LogP contribution is -2.33.